The molecule has 1 aromatic rings. The second-order valence-electron chi connectivity index (χ2n) is 6.20. The van der Waals surface area contributed by atoms with Crippen LogP contribution in [0.1, 0.15) is 37.7 Å². The van der Waals surface area contributed by atoms with E-state index in [1.54, 1.807) is 7.11 Å². The van der Waals surface area contributed by atoms with Crippen LogP contribution in [0.5, 0.6) is 5.75 Å². The molecule has 3 heteroatoms. The third-order valence-electron chi connectivity index (χ3n) is 4.86. The molecule has 3 rings (SSSR count). The minimum atomic E-state index is 0.250. The van der Waals surface area contributed by atoms with Gasteiger partial charge in [-0.1, -0.05) is 12.1 Å². The van der Waals surface area contributed by atoms with E-state index >= 15 is 0 Å². The molecule has 0 radical (unpaired) electrons. The number of carbonyl (C=O) groups excluding carboxylic acids is 1. The van der Waals surface area contributed by atoms with E-state index in [2.05, 4.69) is 17.4 Å². The summed E-state index contributed by atoms with van der Waals surface area (Å²) in [4.78, 5) is 11.4. The molecule has 1 saturated carbocycles. The molecule has 1 saturated heterocycles. The Bertz CT molecular complexity index is 468. The van der Waals surface area contributed by atoms with E-state index in [0.717, 1.165) is 37.4 Å². The molecule has 0 unspecified atom stereocenters. The second kappa shape index (κ2) is 5.86. The SMILES string of the molecule is COc1ccc(C[C@@H]2CC[C@@H]3NC(=O)CC[C@@H]3C2)cc1. The van der Waals surface area contributed by atoms with Gasteiger partial charge in [-0.25, -0.2) is 0 Å². The van der Waals surface area contributed by atoms with Gasteiger partial charge in [-0.2, -0.15) is 0 Å². The van der Waals surface area contributed by atoms with E-state index in [4.69, 9.17) is 4.74 Å². The van der Waals surface area contributed by atoms with Crippen molar-refractivity contribution in [1.82, 2.24) is 5.32 Å². The van der Waals surface area contributed by atoms with Crippen LogP contribution in [-0.2, 0) is 11.2 Å². The van der Waals surface area contributed by atoms with Crippen LogP contribution >= 0.6 is 0 Å². The van der Waals surface area contributed by atoms with Gasteiger partial charge in [0.2, 0.25) is 5.91 Å². The molecule has 2 aliphatic rings. The van der Waals surface area contributed by atoms with Crippen LogP contribution in [-0.4, -0.2) is 19.1 Å². The zero-order valence-corrected chi connectivity index (χ0v) is 12.1. The van der Waals surface area contributed by atoms with Crippen LogP contribution in [0.2, 0.25) is 0 Å². The summed E-state index contributed by atoms with van der Waals surface area (Å²) in [6.45, 7) is 0. The molecule has 0 aromatic heterocycles. The molecule has 1 N–H and O–H groups in total. The molecule has 3 atom stereocenters. The average molecular weight is 273 g/mol. The fraction of sp³-hybridized carbons (Fsp3) is 0.588. The van der Waals surface area contributed by atoms with E-state index in [1.165, 1.54) is 18.4 Å². The summed E-state index contributed by atoms with van der Waals surface area (Å²) in [6, 6.07) is 8.88. The first-order chi connectivity index (χ1) is 9.74. The van der Waals surface area contributed by atoms with E-state index in [1.807, 2.05) is 12.1 Å². The first-order valence-corrected chi connectivity index (χ1v) is 7.67. The lowest BCUT2D eigenvalue weighted by molar-refractivity contribution is -0.125. The smallest absolute Gasteiger partial charge is 0.220 e. The molecule has 2 fully saturated rings. The zero-order chi connectivity index (χ0) is 13.9. The highest BCUT2D eigenvalue weighted by atomic mass is 16.5. The minimum absolute atomic E-state index is 0.250. The maximum absolute atomic E-state index is 11.4. The molecule has 0 spiro atoms. The first kappa shape index (κ1) is 13.5. The Hall–Kier alpha value is -1.51. The van der Waals surface area contributed by atoms with Crippen LogP contribution < -0.4 is 10.1 Å². The summed E-state index contributed by atoms with van der Waals surface area (Å²) in [5.74, 6) is 2.64. The van der Waals surface area contributed by atoms with Crippen molar-refractivity contribution in [1.29, 1.82) is 0 Å². The van der Waals surface area contributed by atoms with Gasteiger partial charge in [0.25, 0.3) is 0 Å². The van der Waals surface area contributed by atoms with Gasteiger partial charge in [0.1, 0.15) is 5.75 Å². The number of carbonyl (C=O) groups is 1. The summed E-state index contributed by atoms with van der Waals surface area (Å²) in [6.07, 6.45) is 6.59. The largest absolute Gasteiger partial charge is 0.497 e. The van der Waals surface area contributed by atoms with E-state index in [0.29, 0.717) is 12.0 Å². The molecule has 3 nitrogen and oxygen atoms in total. The quantitative estimate of drug-likeness (QED) is 0.919. The Balaban J connectivity index is 1.57. The van der Waals surface area contributed by atoms with Gasteiger partial charge in [-0.05, 0) is 61.6 Å². The fourth-order valence-electron chi connectivity index (χ4n) is 3.75. The van der Waals surface area contributed by atoms with E-state index in [9.17, 15) is 4.79 Å². The van der Waals surface area contributed by atoms with Gasteiger partial charge in [0.05, 0.1) is 7.11 Å². The number of fused-ring (bicyclic) bond motifs is 1. The Kier molecular flexibility index (Phi) is 3.95. The third kappa shape index (κ3) is 2.97. The molecular formula is C17H23NO2. The highest BCUT2D eigenvalue weighted by Gasteiger charge is 2.34. The average Bonchev–Trinajstić information content (AvgIpc) is 2.48. The van der Waals surface area contributed by atoms with Crippen LogP contribution in [0.4, 0.5) is 0 Å². The summed E-state index contributed by atoms with van der Waals surface area (Å²) < 4.78 is 5.20. The number of piperidine rings is 1. The molecule has 1 aromatic carbocycles. The number of benzene rings is 1. The summed E-state index contributed by atoms with van der Waals surface area (Å²) in [5, 5.41) is 3.16. The Morgan fingerprint density at radius 2 is 2.00 bits per heavy atom. The number of amides is 1. The summed E-state index contributed by atoms with van der Waals surface area (Å²) in [7, 11) is 1.70. The highest BCUT2D eigenvalue weighted by molar-refractivity contribution is 5.77. The van der Waals surface area contributed by atoms with Gasteiger partial charge >= 0.3 is 0 Å². The predicted octanol–water partition coefficient (Wildman–Crippen LogP) is 2.93. The molecule has 108 valence electrons. The lowest BCUT2D eigenvalue weighted by atomic mass is 9.72. The summed E-state index contributed by atoms with van der Waals surface area (Å²) in [5.41, 5.74) is 1.40. The summed E-state index contributed by atoms with van der Waals surface area (Å²) >= 11 is 0. The van der Waals surface area contributed by atoms with Gasteiger partial charge < -0.3 is 10.1 Å². The number of rotatable bonds is 3. The molecule has 1 aliphatic heterocycles. The van der Waals surface area contributed by atoms with Gasteiger partial charge in [-0.15, -0.1) is 0 Å². The Labute approximate surface area is 120 Å². The van der Waals surface area contributed by atoms with Crippen molar-refractivity contribution in [2.75, 3.05) is 7.11 Å². The zero-order valence-electron chi connectivity index (χ0n) is 12.1. The van der Waals surface area contributed by atoms with Crippen molar-refractivity contribution < 1.29 is 9.53 Å². The number of hydrogen-bond donors (Lipinski definition) is 1. The molecule has 20 heavy (non-hydrogen) atoms. The monoisotopic (exact) mass is 273 g/mol. The number of hydrogen-bond acceptors (Lipinski definition) is 2. The Morgan fingerprint density at radius 3 is 2.75 bits per heavy atom. The van der Waals surface area contributed by atoms with Crippen molar-refractivity contribution in [3.8, 4) is 5.75 Å². The normalized spacial score (nSPS) is 29.4. The van der Waals surface area contributed by atoms with Crippen molar-refractivity contribution in [2.24, 2.45) is 11.8 Å². The van der Waals surface area contributed by atoms with E-state index < -0.39 is 0 Å². The van der Waals surface area contributed by atoms with Crippen LogP contribution in [0, 0.1) is 11.8 Å². The lowest BCUT2D eigenvalue weighted by Gasteiger charge is -2.39. The maximum atomic E-state index is 11.4. The van der Waals surface area contributed by atoms with Crippen molar-refractivity contribution in [2.45, 2.75) is 44.6 Å². The topological polar surface area (TPSA) is 38.3 Å². The molecule has 1 heterocycles. The molecule has 1 amide bonds. The standard InChI is InChI=1S/C17H23NO2/c1-20-15-6-2-12(3-7-15)10-13-4-8-16-14(11-13)5-9-17(19)18-16/h2-3,6-7,13-14,16H,4-5,8-11H2,1H3,(H,18,19)/t13-,14+,16-/m0/s1. The lowest BCUT2D eigenvalue weighted by Crippen LogP contribution is -2.47. The molecular weight excluding hydrogens is 250 g/mol. The molecule has 1 aliphatic carbocycles. The van der Waals surface area contributed by atoms with Gasteiger partial charge in [0, 0.05) is 12.5 Å². The van der Waals surface area contributed by atoms with Crippen LogP contribution in [0.3, 0.4) is 0 Å². The molecule has 0 bridgehead atoms. The van der Waals surface area contributed by atoms with Crippen LogP contribution in [0.15, 0.2) is 24.3 Å². The number of nitrogens with one attached hydrogen (secondary N) is 1. The van der Waals surface area contributed by atoms with Crippen molar-refractivity contribution >= 4 is 5.91 Å². The third-order valence-corrected chi connectivity index (χ3v) is 4.86. The fourth-order valence-corrected chi connectivity index (χ4v) is 3.75. The number of methoxy groups -OCH3 is 1. The van der Waals surface area contributed by atoms with Crippen molar-refractivity contribution in [3.05, 3.63) is 29.8 Å². The maximum Gasteiger partial charge on any atom is 0.220 e. The van der Waals surface area contributed by atoms with Crippen LogP contribution in [0.25, 0.3) is 0 Å². The first-order valence-electron chi connectivity index (χ1n) is 7.67. The van der Waals surface area contributed by atoms with Crippen molar-refractivity contribution in [3.63, 3.8) is 0 Å². The highest BCUT2D eigenvalue weighted by Crippen LogP contribution is 2.36. The predicted molar refractivity (Wildman–Crippen MR) is 78.7 cm³/mol. The van der Waals surface area contributed by atoms with Gasteiger partial charge in [0.15, 0.2) is 0 Å². The second-order valence-corrected chi connectivity index (χ2v) is 6.20. The van der Waals surface area contributed by atoms with Gasteiger partial charge in [-0.3, -0.25) is 4.79 Å². The minimum Gasteiger partial charge on any atom is -0.497 e. The Morgan fingerprint density at radius 1 is 1.20 bits per heavy atom. The number of ether oxygens (including phenoxy) is 1. The van der Waals surface area contributed by atoms with E-state index in [-0.39, 0.29) is 5.91 Å².